The predicted molar refractivity (Wildman–Crippen MR) is 125 cm³/mol. The van der Waals surface area contributed by atoms with Gasteiger partial charge in [-0.25, -0.2) is 4.79 Å². The summed E-state index contributed by atoms with van der Waals surface area (Å²) >= 11 is 1.50. The second-order valence-electron chi connectivity index (χ2n) is 8.84. The van der Waals surface area contributed by atoms with Crippen LogP contribution in [0.5, 0.6) is 0 Å². The van der Waals surface area contributed by atoms with E-state index in [1.807, 2.05) is 43.3 Å². The maximum Gasteiger partial charge on any atom is 0.339 e. The maximum atomic E-state index is 13.2. The number of Topliss-reactive ketones (excluding diaryl/α,β-unsaturated/α-hetero) is 1. The quantitative estimate of drug-likeness (QED) is 0.456. The number of aliphatic hydroxyl groups excluding tert-OH is 3. The normalized spacial score (nSPS) is 20.6. The van der Waals surface area contributed by atoms with Crippen LogP contribution >= 0.6 is 11.3 Å². The molecule has 3 atom stereocenters. The molecule has 2 aliphatic rings. The van der Waals surface area contributed by atoms with Crippen molar-refractivity contribution < 1.29 is 29.6 Å². The summed E-state index contributed by atoms with van der Waals surface area (Å²) in [4.78, 5) is 28.3. The number of esters is 1. The third-order valence-corrected chi connectivity index (χ3v) is 7.90. The number of ketones is 1. The van der Waals surface area contributed by atoms with Crippen LogP contribution in [0.15, 0.2) is 47.7 Å². The molecule has 7 heteroatoms. The molecule has 0 amide bonds. The summed E-state index contributed by atoms with van der Waals surface area (Å²) in [5.74, 6) is -2.13. The van der Waals surface area contributed by atoms with Crippen LogP contribution < -0.4 is 0 Å². The van der Waals surface area contributed by atoms with E-state index in [1.165, 1.54) is 11.3 Å². The predicted octanol–water partition coefficient (Wildman–Crippen LogP) is 3.84. The Kier molecular flexibility index (Phi) is 7.32. The van der Waals surface area contributed by atoms with Crippen molar-refractivity contribution in [2.45, 2.75) is 57.7 Å². The fraction of sp³-hybridized carbons (Fsp3) is 0.462. The largest absolute Gasteiger partial charge is 0.504 e. The van der Waals surface area contributed by atoms with Crippen LogP contribution in [0.3, 0.4) is 0 Å². The average molecular weight is 471 g/mol. The molecule has 1 fully saturated rings. The first-order valence-corrected chi connectivity index (χ1v) is 12.4. The van der Waals surface area contributed by atoms with Gasteiger partial charge in [-0.1, -0.05) is 31.2 Å². The number of thiophene rings is 1. The number of ether oxygens (including phenoxy) is 1. The van der Waals surface area contributed by atoms with E-state index in [4.69, 9.17) is 4.74 Å². The zero-order valence-corrected chi connectivity index (χ0v) is 19.5. The van der Waals surface area contributed by atoms with Gasteiger partial charge in [0.05, 0.1) is 12.2 Å². The minimum atomic E-state index is -1.05. The van der Waals surface area contributed by atoms with Gasteiger partial charge in [-0.15, -0.1) is 11.3 Å². The number of carbonyl (C=O) groups is 2. The molecule has 0 bridgehead atoms. The molecule has 2 heterocycles. The molecule has 4 rings (SSSR count). The van der Waals surface area contributed by atoms with Gasteiger partial charge in [-0.05, 0) is 54.9 Å². The van der Waals surface area contributed by atoms with E-state index in [9.17, 15) is 24.9 Å². The number of hydrogen-bond acceptors (Lipinski definition) is 7. The monoisotopic (exact) mass is 470 g/mol. The van der Waals surface area contributed by atoms with E-state index in [2.05, 4.69) is 0 Å². The average Bonchev–Trinajstić information content (AvgIpc) is 3.56. The van der Waals surface area contributed by atoms with Gasteiger partial charge in [0, 0.05) is 34.6 Å². The van der Waals surface area contributed by atoms with Gasteiger partial charge in [0.1, 0.15) is 0 Å². The molecular formula is C26H30O6S. The Morgan fingerprint density at radius 3 is 2.45 bits per heavy atom. The lowest BCUT2D eigenvalue weighted by atomic mass is 9.83. The van der Waals surface area contributed by atoms with Crippen molar-refractivity contribution in [2.75, 3.05) is 6.61 Å². The van der Waals surface area contributed by atoms with Crippen molar-refractivity contribution in [3.05, 3.63) is 68.6 Å². The van der Waals surface area contributed by atoms with E-state index in [0.717, 1.165) is 33.7 Å². The van der Waals surface area contributed by atoms with Crippen LogP contribution in [0.25, 0.3) is 0 Å². The van der Waals surface area contributed by atoms with Crippen LogP contribution in [0.1, 0.15) is 53.0 Å². The van der Waals surface area contributed by atoms with Gasteiger partial charge in [-0.3, -0.25) is 4.79 Å². The highest BCUT2D eigenvalue weighted by Gasteiger charge is 2.47. The molecule has 1 aliphatic carbocycles. The number of hydrogen-bond donors (Lipinski definition) is 3. The van der Waals surface area contributed by atoms with Crippen LogP contribution in [0, 0.1) is 11.8 Å². The highest BCUT2D eigenvalue weighted by Crippen LogP contribution is 2.50. The molecule has 2 aromatic rings. The second-order valence-corrected chi connectivity index (χ2v) is 10.0. The van der Waals surface area contributed by atoms with Crippen molar-refractivity contribution in [2.24, 2.45) is 11.8 Å². The summed E-state index contributed by atoms with van der Waals surface area (Å²) in [5, 5.41) is 29.8. The molecule has 6 nitrogen and oxygen atoms in total. The molecule has 176 valence electrons. The van der Waals surface area contributed by atoms with Gasteiger partial charge in [0.15, 0.2) is 11.9 Å². The van der Waals surface area contributed by atoms with Crippen molar-refractivity contribution in [1.29, 1.82) is 0 Å². The number of cyclic esters (lactones) is 1. The maximum absolute atomic E-state index is 13.2. The van der Waals surface area contributed by atoms with E-state index in [-0.39, 0.29) is 36.5 Å². The van der Waals surface area contributed by atoms with E-state index >= 15 is 0 Å². The summed E-state index contributed by atoms with van der Waals surface area (Å²) < 4.78 is 5.71. The summed E-state index contributed by atoms with van der Waals surface area (Å²) in [6.45, 7) is 1.86. The summed E-state index contributed by atoms with van der Waals surface area (Å²) in [7, 11) is 0. The zero-order chi connectivity index (χ0) is 23.5. The van der Waals surface area contributed by atoms with E-state index in [1.54, 1.807) is 0 Å². The molecule has 33 heavy (non-hydrogen) atoms. The Bertz CT molecular complexity index is 1050. The standard InChI is InChI=1S/C26H30O6S/c1-2-15(13-17-5-3-4-6-18(17)14-28)25-24(30)23(29)22(26(31)32-25)21(16-7-8-16)20-10-9-19(33-20)11-12-27/h3-6,9-10,15-16,21,25,27-29H,2,7-8,11-14H2,1H3/t15-,21-,25?/m1/s1. The minimum absolute atomic E-state index is 0.0437. The minimum Gasteiger partial charge on any atom is -0.504 e. The second kappa shape index (κ2) is 10.2. The van der Waals surface area contributed by atoms with E-state index in [0.29, 0.717) is 19.3 Å². The molecule has 1 unspecified atom stereocenters. The number of aliphatic hydroxyl groups is 3. The van der Waals surface area contributed by atoms with Crippen molar-refractivity contribution >= 4 is 23.1 Å². The highest BCUT2D eigenvalue weighted by molar-refractivity contribution is 7.12. The molecule has 1 aromatic carbocycles. The third kappa shape index (κ3) is 4.90. The van der Waals surface area contributed by atoms with Crippen molar-refractivity contribution in [1.82, 2.24) is 0 Å². The fourth-order valence-corrected chi connectivity index (χ4v) is 5.89. The summed E-state index contributed by atoms with van der Waals surface area (Å²) in [6.07, 6.45) is 2.37. The Morgan fingerprint density at radius 1 is 1.09 bits per heavy atom. The molecule has 1 aromatic heterocycles. The van der Waals surface area contributed by atoms with Crippen LogP contribution in [-0.2, 0) is 33.8 Å². The van der Waals surface area contributed by atoms with Crippen LogP contribution in [-0.4, -0.2) is 39.8 Å². The van der Waals surface area contributed by atoms with Gasteiger partial charge < -0.3 is 20.1 Å². The molecular weight excluding hydrogens is 440 g/mol. The lowest BCUT2D eigenvalue weighted by Crippen LogP contribution is -2.42. The van der Waals surface area contributed by atoms with Gasteiger partial charge in [-0.2, -0.15) is 0 Å². The van der Waals surface area contributed by atoms with Gasteiger partial charge >= 0.3 is 5.97 Å². The summed E-state index contributed by atoms with van der Waals surface area (Å²) in [6, 6.07) is 11.3. The molecule has 0 saturated heterocycles. The van der Waals surface area contributed by atoms with Crippen molar-refractivity contribution in [3.8, 4) is 0 Å². The number of rotatable bonds is 10. The summed E-state index contributed by atoms with van der Waals surface area (Å²) in [5.41, 5.74) is 1.74. The first kappa shape index (κ1) is 23.7. The Hall–Kier alpha value is -2.48. The molecule has 1 saturated carbocycles. The lowest BCUT2D eigenvalue weighted by molar-refractivity contribution is -0.158. The van der Waals surface area contributed by atoms with Gasteiger partial charge in [0.25, 0.3) is 0 Å². The first-order valence-electron chi connectivity index (χ1n) is 11.5. The molecule has 0 radical (unpaired) electrons. The Labute approximate surface area is 197 Å². The van der Waals surface area contributed by atoms with E-state index < -0.39 is 23.6 Å². The molecule has 0 spiro atoms. The topological polar surface area (TPSA) is 104 Å². The lowest BCUT2D eigenvalue weighted by Gasteiger charge is -2.31. The first-order chi connectivity index (χ1) is 16.0. The Balaban J connectivity index is 1.62. The Morgan fingerprint density at radius 2 is 1.82 bits per heavy atom. The third-order valence-electron chi connectivity index (χ3n) is 6.68. The van der Waals surface area contributed by atoms with Crippen LogP contribution in [0.2, 0.25) is 0 Å². The SMILES string of the molecule is CC[C@H](Cc1ccccc1CO)C1OC(=O)C([C@@H](c2ccc(CCO)s2)C2CC2)=C(O)C1=O. The van der Waals surface area contributed by atoms with Crippen LogP contribution in [0.4, 0.5) is 0 Å². The van der Waals surface area contributed by atoms with Crippen molar-refractivity contribution in [3.63, 3.8) is 0 Å². The number of carbonyl (C=O) groups excluding carboxylic acids is 2. The van der Waals surface area contributed by atoms with Gasteiger partial charge in [0.2, 0.25) is 5.78 Å². The number of benzene rings is 1. The fourth-order valence-electron chi connectivity index (χ4n) is 4.69. The molecule has 3 N–H and O–H groups in total. The highest BCUT2D eigenvalue weighted by atomic mass is 32.1. The molecule has 1 aliphatic heterocycles. The smallest absolute Gasteiger partial charge is 0.339 e. The zero-order valence-electron chi connectivity index (χ0n) is 18.7.